The zero-order valence-corrected chi connectivity index (χ0v) is 10.2. The van der Waals surface area contributed by atoms with E-state index in [1.807, 2.05) is 24.3 Å². The summed E-state index contributed by atoms with van der Waals surface area (Å²) in [5.74, 6) is -0.0582. The van der Waals surface area contributed by atoms with Gasteiger partial charge in [0.1, 0.15) is 12.2 Å². The highest BCUT2D eigenvalue weighted by Gasteiger charge is 2.16. The van der Waals surface area contributed by atoms with Crippen molar-refractivity contribution in [2.45, 2.75) is 13.5 Å². The molecule has 0 atom stereocenters. The van der Waals surface area contributed by atoms with Crippen molar-refractivity contribution in [2.75, 3.05) is 0 Å². The van der Waals surface area contributed by atoms with Gasteiger partial charge in [-0.2, -0.15) is 4.98 Å². The fourth-order valence-corrected chi connectivity index (χ4v) is 2.10. The number of hydrogen-bond acceptors (Lipinski definition) is 4. The van der Waals surface area contributed by atoms with Crippen LogP contribution in [0.2, 0.25) is 0 Å². The predicted octanol–water partition coefficient (Wildman–Crippen LogP) is 2.08. The molecule has 0 saturated carbocycles. The van der Waals surface area contributed by atoms with Crippen molar-refractivity contribution in [3.05, 3.63) is 47.7 Å². The molecule has 96 valence electrons. The van der Waals surface area contributed by atoms with E-state index in [2.05, 4.69) is 10.1 Å². The zero-order chi connectivity index (χ0) is 13.4. The van der Waals surface area contributed by atoms with Crippen LogP contribution in [0.5, 0.6) is 0 Å². The number of benzene rings is 1. The molecule has 0 saturated heterocycles. The minimum absolute atomic E-state index is 0.206. The molecule has 19 heavy (non-hydrogen) atoms. The number of fused-ring (bicyclic) bond motifs is 1. The second-order valence-electron chi connectivity index (χ2n) is 4.22. The third-order valence-corrected chi connectivity index (χ3v) is 2.89. The topological polar surface area (TPSA) is 81.2 Å². The molecule has 0 aliphatic rings. The molecule has 1 N–H and O–H groups in total. The summed E-state index contributed by atoms with van der Waals surface area (Å²) in [4.78, 5) is 15.4. The number of aryl methyl sites for hydroxylation is 1. The molecular weight excluding hydrogens is 246 g/mol. The fourth-order valence-electron chi connectivity index (χ4n) is 2.10. The van der Waals surface area contributed by atoms with E-state index in [1.165, 1.54) is 0 Å². The Hall–Kier alpha value is -2.63. The van der Waals surface area contributed by atoms with E-state index in [-0.39, 0.29) is 12.2 Å². The monoisotopic (exact) mass is 257 g/mol. The fraction of sp³-hybridized carbons (Fsp3) is 0.154. The number of aromatic carboxylic acids is 1. The lowest BCUT2D eigenvalue weighted by molar-refractivity contribution is 0.0686. The van der Waals surface area contributed by atoms with Crippen LogP contribution in [0.4, 0.5) is 0 Å². The van der Waals surface area contributed by atoms with Gasteiger partial charge in [-0.25, -0.2) is 4.79 Å². The Morgan fingerprint density at radius 3 is 2.89 bits per heavy atom. The molecule has 0 spiro atoms. The molecule has 0 unspecified atom stereocenters. The van der Waals surface area contributed by atoms with Gasteiger partial charge in [-0.05, 0) is 19.1 Å². The first-order valence-corrected chi connectivity index (χ1v) is 5.76. The number of rotatable bonds is 3. The Kier molecular flexibility index (Phi) is 2.56. The lowest BCUT2D eigenvalue weighted by Gasteiger charge is -2.04. The predicted molar refractivity (Wildman–Crippen MR) is 67.0 cm³/mol. The van der Waals surface area contributed by atoms with Gasteiger partial charge in [0.05, 0.1) is 0 Å². The van der Waals surface area contributed by atoms with Gasteiger partial charge < -0.3 is 14.2 Å². The van der Waals surface area contributed by atoms with Crippen molar-refractivity contribution in [3.8, 4) is 0 Å². The summed E-state index contributed by atoms with van der Waals surface area (Å²) in [7, 11) is 0. The van der Waals surface area contributed by atoms with Crippen molar-refractivity contribution in [1.29, 1.82) is 0 Å². The van der Waals surface area contributed by atoms with E-state index in [1.54, 1.807) is 17.6 Å². The number of carbonyl (C=O) groups is 1. The van der Waals surface area contributed by atoms with Crippen LogP contribution in [0.3, 0.4) is 0 Å². The van der Waals surface area contributed by atoms with Gasteiger partial charge in [-0.3, -0.25) is 0 Å². The Labute approximate surface area is 108 Å². The zero-order valence-electron chi connectivity index (χ0n) is 10.2. The van der Waals surface area contributed by atoms with E-state index in [0.29, 0.717) is 11.7 Å². The highest BCUT2D eigenvalue weighted by Crippen LogP contribution is 2.21. The van der Waals surface area contributed by atoms with Crippen LogP contribution < -0.4 is 0 Å². The molecule has 6 nitrogen and oxygen atoms in total. The summed E-state index contributed by atoms with van der Waals surface area (Å²) >= 11 is 0. The average Bonchev–Trinajstić information content (AvgIpc) is 2.95. The van der Waals surface area contributed by atoms with Gasteiger partial charge in [-0.15, -0.1) is 0 Å². The maximum absolute atomic E-state index is 11.3. The molecule has 6 heteroatoms. The lowest BCUT2D eigenvalue weighted by Crippen LogP contribution is -2.09. The maximum Gasteiger partial charge on any atom is 0.352 e. The smallest absolute Gasteiger partial charge is 0.352 e. The summed E-state index contributed by atoms with van der Waals surface area (Å²) in [5, 5.41) is 13.8. The standard InChI is InChI=1S/C13H11N3O3/c1-8-14-12(19-15-8)7-16-10-5-3-2-4-9(10)6-11(16)13(17)18/h2-6H,7H2,1H3,(H,17,18). The third-order valence-electron chi connectivity index (χ3n) is 2.89. The first-order valence-electron chi connectivity index (χ1n) is 5.76. The lowest BCUT2D eigenvalue weighted by atomic mass is 10.2. The molecule has 1 aromatic carbocycles. The molecule has 0 bridgehead atoms. The van der Waals surface area contributed by atoms with Crippen molar-refractivity contribution >= 4 is 16.9 Å². The second kappa shape index (κ2) is 4.24. The summed E-state index contributed by atoms with van der Waals surface area (Å²) < 4.78 is 6.70. The van der Waals surface area contributed by atoms with Gasteiger partial charge in [0, 0.05) is 10.9 Å². The highest BCUT2D eigenvalue weighted by molar-refractivity contribution is 5.94. The molecule has 0 aliphatic carbocycles. The van der Waals surface area contributed by atoms with Gasteiger partial charge in [0.25, 0.3) is 0 Å². The molecule has 3 aromatic rings. The number of para-hydroxylation sites is 1. The van der Waals surface area contributed by atoms with Crippen LogP contribution in [-0.4, -0.2) is 25.8 Å². The summed E-state index contributed by atoms with van der Waals surface area (Å²) in [6.45, 7) is 1.97. The Bertz CT molecular complexity index is 757. The van der Waals surface area contributed by atoms with Gasteiger partial charge >= 0.3 is 5.97 Å². The molecule has 0 fully saturated rings. The molecule has 3 rings (SSSR count). The number of carboxylic acids is 1. The molecule has 0 aliphatic heterocycles. The summed E-state index contributed by atoms with van der Waals surface area (Å²) in [5.41, 5.74) is 1.04. The van der Waals surface area contributed by atoms with Crippen molar-refractivity contribution in [3.63, 3.8) is 0 Å². The maximum atomic E-state index is 11.3. The Balaban J connectivity index is 2.14. The van der Waals surface area contributed by atoms with Crippen molar-refractivity contribution in [2.24, 2.45) is 0 Å². The molecular formula is C13H11N3O3. The largest absolute Gasteiger partial charge is 0.477 e. The molecule has 0 amide bonds. The van der Waals surface area contributed by atoms with Crippen molar-refractivity contribution < 1.29 is 14.4 Å². The molecule has 2 heterocycles. The minimum Gasteiger partial charge on any atom is -0.477 e. The third kappa shape index (κ3) is 1.97. The van der Waals surface area contributed by atoms with E-state index >= 15 is 0 Å². The van der Waals surface area contributed by atoms with E-state index in [9.17, 15) is 9.90 Å². The molecule has 2 aromatic heterocycles. The Morgan fingerprint density at radius 1 is 1.42 bits per heavy atom. The quantitative estimate of drug-likeness (QED) is 0.776. The molecule has 0 radical (unpaired) electrons. The highest BCUT2D eigenvalue weighted by atomic mass is 16.5. The minimum atomic E-state index is -0.979. The van der Waals surface area contributed by atoms with Crippen LogP contribution in [0.25, 0.3) is 10.9 Å². The number of aromatic nitrogens is 3. The van der Waals surface area contributed by atoms with Crippen LogP contribution in [-0.2, 0) is 6.54 Å². The number of nitrogens with zero attached hydrogens (tertiary/aromatic N) is 3. The number of hydrogen-bond donors (Lipinski definition) is 1. The second-order valence-corrected chi connectivity index (χ2v) is 4.22. The SMILES string of the molecule is Cc1noc(Cn2c(C(=O)O)cc3ccccc32)n1. The Morgan fingerprint density at radius 2 is 2.21 bits per heavy atom. The van der Waals surface area contributed by atoms with Gasteiger partial charge in [-0.1, -0.05) is 23.4 Å². The van der Waals surface area contributed by atoms with Crippen LogP contribution in [0, 0.1) is 6.92 Å². The van der Waals surface area contributed by atoms with Crippen LogP contribution in [0.15, 0.2) is 34.9 Å². The van der Waals surface area contributed by atoms with E-state index in [0.717, 1.165) is 10.9 Å². The van der Waals surface area contributed by atoms with Gasteiger partial charge in [0.2, 0.25) is 5.89 Å². The normalized spacial score (nSPS) is 11.0. The first-order chi connectivity index (χ1) is 9.15. The van der Waals surface area contributed by atoms with Crippen LogP contribution in [0.1, 0.15) is 22.2 Å². The van der Waals surface area contributed by atoms with Crippen molar-refractivity contribution in [1.82, 2.24) is 14.7 Å². The first kappa shape index (κ1) is 11.5. The van der Waals surface area contributed by atoms with Gasteiger partial charge in [0.15, 0.2) is 5.82 Å². The number of carboxylic acid groups (broad SMARTS) is 1. The van der Waals surface area contributed by atoms with E-state index < -0.39 is 5.97 Å². The average molecular weight is 257 g/mol. The van der Waals surface area contributed by atoms with Crippen LogP contribution >= 0.6 is 0 Å². The summed E-state index contributed by atoms with van der Waals surface area (Å²) in [6, 6.07) is 9.11. The summed E-state index contributed by atoms with van der Waals surface area (Å²) in [6.07, 6.45) is 0. The van der Waals surface area contributed by atoms with E-state index in [4.69, 9.17) is 4.52 Å².